The molecule has 3 aromatic rings. The van der Waals surface area contributed by atoms with Gasteiger partial charge < -0.3 is 14.8 Å². The van der Waals surface area contributed by atoms with Crippen molar-refractivity contribution in [3.05, 3.63) is 77.3 Å². The van der Waals surface area contributed by atoms with Crippen molar-refractivity contribution in [2.45, 2.75) is 9.79 Å². The Morgan fingerprint density at radius 2 is 1.65 bits per heavy atom. The Labute approximate surface area is 220 Å². The third-order valence-corrected chi connectivity index (χ3v) is 9.15. The molecular weight excluding hydrogens is 542 g/mol. The summed E-state index contributed by atoms with van der Waals surface area (Å²) in [5.74, 6) is -0.390. The Balaban J connectivity index is 1.55. The van der Waals surface area contributed by atoms with Crippen LogP contribution in [-0.2, 0) is 24.8 Å². The Bertz CT molecular complexity index is 1510. The van der Waals surface area contributed by atoms with Crippen molar-refractivity contribution in [2.75, 3.05) is 43.5 Å². The number of amides is 1. The van der Waals surface area contributed by atoms with E-state index in [1.807, 2.05) is 0 Å². The van der Waals surface area contributed by atoms with E-state index in [2.05, 4.69) is 10.0 Å². The topological polar surface area (TPSA) is 131 Å². The first-order valence-electron chi connectivity index (χ1n) is 11.1. The average Bonchev–Trinajstić information content (AvgIpc) is 2.89. The van der Waals surface area contributed by atoms with E-state index in [-0.39, 0.29) is 50.6 Å². The molecule has 37 heavy (non-hydrogen) atoms. The zero-order chi connectivity index (χ0) is 26.6. The maximum absolute atomic E-state index is 13.0. The first kappa shape index (κ1) is 26.9. The molecule has 0 radical (unpaired) electrons. The second kappa shape index (κ2) is 11.1. The summed E-state index contributed by atoms with van der Waals surface area (Å²) in [5.41, 5.74) is 0.348. The number of carbonyl (C=O) groups is 1. The number of carbonyl (C=O) groups excluding carboxylic acids is 1. The van der Waals surface area contributed by atoms with Gasteiger partial charge >= 0.3 is 0 Å². The molecular formula is C24H24ClN3O7S2. The van der Waals surface area contributed by atoms with Gasteiger partial charge in [0.05, 0.1) is 52.1 Å². The molecule has 10 nitrogen and oxygen atoms in total. The zero-order valence-electron chi connectivity index (χ0n) is 19.7. The van der Waals surface area contributed by atoms with Crippen LogP contribution in [0.5, 0.6) is 5.75 Å². The smallest absolute Gasteiger partial charge is 0.261 e. The van der Waals surface area contributed by atoms with Gasteiger partial charge in [-0.25, -0.2) is 16.8 Å². The molecule has 1 amide bonds. The van der Waals surface area contributed by atoms with Gasteiger partial charge in [0.15, 0.2) is 0 Å². The molecule has 0 unspecified atom stereocenters. The first-order valence-corrected chi connectivity index (χ1v) is 14.4. The number of ether oxygens (including phenoxy) is 2. The summed E-state index contributed by atoms with van der Waals surface area (Å²) in [6.07, 6.45) is 0. The standard InChI is InChI=1S/C24H24ClN3O7S2/c1-34-23-10-8-19(37(32,33)28-11-13-35-14-12-28)16-22(23)26-24(29)20-9-7-17(15-21(20)25)27-36(30,31)18-5-3-2-4-6-18/h2-10,15-16,27H,11-14H2,1H3,(H,26,29). The quantitative estimate of drug-likeness (QED) is 0.428. The molecule has 1 heterocycles. The number of halogens is 1. The Morgan fingerprint density at radius 1 is 0.946 bits per heavy atom. The molecule has 0 aliphatic carbocycles. The number of hydrogen-bond donors (Lipinski definition) is 2. The summed E-state index contributed by atoms with van der Waals surface area (Å²) >= 11 is 6.30. The fraction of sp³-hybridized carbons (Fsp3) is 0.208. The number of methoxy groups -OCH3 is 1. The number of hydrogen-bond acceptors (Lipinski definition) is 7. The van der Waals surface area contributed by atoms with Crippen molar-refractivity contribution in [3.63, 3.8) is 0 Å². The molecule has 1 aliphatic rings. The van der Waals surface area contributed by atoms with E-state index in [9.17, 15) is 21.6 Å². The highest BCUT2D eigenvalue weighted by Gasteiger charge is 2.27. The second-order valence-electron chi connectivity index (χ2n) is 7.95. The lowest BCUT2D eigenvalue weighted by Gasteiger charge is -2.26. The van der Waals surface area contributed by atoms with Crippen LogP contribution in [0.1, 0.15) is 10.4 Å². The lowest BCUT2D eigenvalue weighted by Crippen LogP contribution is -2.40. The number of nitrogens with zero attached hydrogens (tertiary/aromatic N) is 1. The number of morpholine rings is 1. The third-order valence-electron chi connectivity index (χ3n) is 5.55. The van der Waals surface area contributed by atoms with Gasteiger partial charge in [0.25, 0.3) is 15.9 Å². The van der Waals surface area contributed by atoms with Gasteiger partial charge in [-0.1, -0.05) is 29.8 Å². The lowest BCUT2D eigenvalue weighted by atomic mass is 10.2. The molecule has 0 spiro atoms. The SMILES string of the molecule is COc1ccc(S(=O)(=O)N2CCOCC2)cc1NC(=O)c1ccc(NS(=O)(=O)c2ccccc2)cc1Cl. The summed E-state index contributed by atoms with van der Waals surface area (Å²) in [7, 11) is -6.26. The van der Waals surface area contributed by atoms with E-state index in [1.54, 1.807) is 18.2 Å². The molecule has 0 bridgehead atoms. The van der Waals surface area contributed by atoms with E-state index in [1.165, 1.54) is 59.9 Å². The number of sulfonamides is 2. The highest BCUT2D eigenvalue weighted by molar-refractivity contribution is 7.92. The first-order chi connectivity index (χ1) is 17.6. The van der Waals surface area contributed by atoms with Crippen molar-refractivity contribution >= 4 is 48.9 Å². The summed E-state index contributed by atoms with van der Waals surface area (Å²) in [4.78, 5) is 13.1. The van der Waals surface area contributed by atoms with Crippen molar-refractivity contribution in [1.82, 2.24) is 4.31 Å². The highest BCUT2D eigenvalue weighted by Crippen LogP contribution is 2.31. The Morgan fingerprint density at radius 3 is 2.30 bits per heavy atom. The maximum atomic E-state index is 13.0. The van der Waals surface area contributed by atoms with Crippen LogP contribution in [0.4, 0.5) is 11.4 Å². The molecule has 4 rings (SSSR count). The Hall–Kier alpha value is -3.16. The summed E-state index contributed by atoms with van der Waals surface area (Å²) in [6, 6.07) is 16.1. The normalized spacial score (nSPS) is 14.6. The van der Waals surface area contributed by atoms with Gasteiger partial charge in [-0.15, -0.1) is 0 Å². The van der Waals surface area contributed by atoms with Crippen LogP contribution >= 0.6 is 11.6 Å². The van der Waals surface area contributed by atoms with Crippen LogP contribution in [0.3, 0.4) is 0 Å². The summed E-state index contributed by atoms with van der Waals surface area (Å²) in [5, 5.41) is 2.62. The number of benzene rings is 3. The molecule has 2 N–H and O–H groups in total. The van der Waals surface area contributed by atoms with Crippen molar-refractivity contribution in [3.8, 4) is 5.75 Å². The summed E-state index contributed by atoms with van der Waals surface area (Å²) in [6.45, 7) is 1.06. The van der Waals surface area contributed by atoms with Crippen LogP contribution in [0.2, 0.25) is 5.02 Å². The molecule has 0 aromatic heterocycles. The summed E-state index contributed by atoms with van der Waals surface area (Å²) < 4.78 is 65.5. The number of anilines is 2. The monoisotopic (exact) mass is 565 g/mol. The van der Waals surface area contributed by atoms with Gasteiger partial charge in [0.2, 0.25) is 10.0 Å². The van der Waals surface area contributed by atoms with Crippen LogP contribution in [0.15, 0.2) is 76.5 Å². The van der Waals surface area contributed by atoms with Crippen LogP contribution < -0.4 is 14.8 Å². The fourth-order valence-electron chi connectivity index (χ4n) is 3.65. The van der Waals surface area contributed by atoms with Gasteiger partial charge in [0.1, 0.15) is 5.75 Å². The molecule has 0 atom stereocenters. The van der Waals surface area contributed by atoms with Crippen molar-refractivity contribution in [1.29, 1.82) is 0 Å². The van der Waals surface area contributed by atoms with Gasteiger partial charge in [-0.3, -0.25) is 9.52 Å². The zero-order valence-corrected chi connectivity index (χ0v) is 22.1. The van der Waals surface area contributed by atoms with Gasteiger partial charge in [-0.05, 0) is 48.5 Å². The van der Waals surface area contributed by atoms with E-state index in [0.717, 1.165) is 0 Å². The van der Waals surface area contributed by atoms with E-state index in [0.29, 0.717) is 13.2 Å². The van der Waals surface area contributed by atoms with Gasteiger partial charge in [-0.2, -0.15) is 4.31 Å². The third kappa shape index (κ3) is 6.05. The van der Waals surface area contributed by atoms with E-state index >= 15 is 0 Å². The van der Waals surface area contributed by atoms with Gasteiger partial charge in [0, 0.05) is 13.1 Å². The maximum Gasteiger partial charge on any atom is 0.261 e. The minimum absolute atomic E-state index is 0.0118. The van der Waals surface area contributed by atoms with Crippen molar-refractivity contribution < 1.29 is 31.1 Å². The van der Waals surface area contributed by atoms with Crippen LogP contribution in [0.25, 0.3) is 0 Å². The average molecular weight is 566 g/mol. The molecule has 1 saturated heterocycles. The van der Waals surface area contributed by atoms with Crippen LogP contribution in [0, 0.1) is 0 Å². The largest absolute Gasteiger partial charge is 0.495 e. The number of rotatable bonds is 8. The predicted octanol–water partition coefficient (Wildman–Crippen LogP) is 3.42. The Kier molecular flexibility index (Phi) is 8.05. The number of nitrogens with one attached hydrogen (secondary N) is 2. The van der Waals surface area contributed by atoms with E-state index in [4.69, 9.17) is 21.1 Å². The van der Waals surface area contributed by atoms with Crippen LogP contribution in [-0.4, -0.2) is 60.5 Å². The molecule has 1 aliphatic heterocycles. The fourth-order valence-corrected chi connectivity index (χ4v) is 6.42. The second-order valence-corrected chi connectivity index (χ2v) is 12.0. The molecule has 196 valence electrons. The minimum atomic E-state index is -3.84. The molecule has 3 aromatic carbocycles. The highest BCUT2D eigenvalue weighted by atomic mass is 35.5. The lowest BCUT2D eigenvalue weighted by molar-refractivity contribution is 0.0730. The van der Waals surface area contributed by atoms with E-state index < -0.39 is 26.0 Å². The predicted molar refractivity (Wildman–Crippen MR) is 139 cm³/mol. The minimum Gasteiger partial charge on any atom is -0.495 e. The molecule has 0 saturated carbocycles. The van der Waals surface area contributed by atoms with Crippen molar-refractivity contribution in [2.24, 2.45) is 0 Å². The molecule has 13 heteroatoms. The molecule has 1 fully saturated rings.